The molecule has 0 spiro atoms. The van der Waals surface area contributed by atoms with Crippen molar-refractivity contribution in [2.45, 2.75) is 19.6 Å². The minimum absolute atomic E-state index is 0.330. The van der Waals surface area contributed by atoms with Crippen molar-refractivity contribution >= 4 is 18.2 Å². The number of hydrogen-bond donors (Lipinski definition) is 1. The van der Waals surface area contributed by atoms with Gasteiger partial charge in [0.2, 0.25) is 0 Å². The normalized spacial score (nSPS) is 12.0. The van der Waals surface area contributed by atoms with Crippen LogP contribution in [-0.2, 0) is 11.4 Å². The molecule has 1 N–H and O–H groups in total. The second-order valence-electron chi connectivity index (χ2n) is 6.53. The van der Waals surface area contributed by atoms with E-state index in [4.69, 9.17) is 9.47 Å². The number of amides is 1. The highest BCUT2D eigenvalue weighted by molar-refractivity contribution is 5.83. The van der Waals surface area contributed by atoms with Crippen LogP contribution in [0.5, 0.6) is 11.5 Å². The maximum absolute atomic E-state index is 12.1. The van der Waals surface area contributed by atoms with Crippen molar-refractivity contribution in [2.24, 2.45) is 5.10 Å². The fourth-order valence-corrected chi connectivity index (χ4v) is 2.57. The molecule has 152 valence electrons. The van der Waals surface area contributed by atoms with E-state index in [0.717, 1.165) is 16.9 Å². The summed E-state index contributed by atoms with van der Waals surface area (Å²) in [5.74, 6) is 0.986. The molecule has 3 aromatic rings. The van der Waals surface area contributed by atoms with E-state index in [1.165, 1.54) is 6.21 Å². The lowest BCUT2D eigenvalue weighted by atomic mass is 10.2. The van der Waals surface area contributed by atoms with Gasteiger partial charge in [-0.2, -0.15) is 5.10 Å². The van der Waals surface area contributed by atoms with E-state index in [9.17, 15) is 4.79 Å². The van der Waals surface area contributed by atoms with E-state index in [1.807, 2.05) is 78.9 Å². The molecular weight excluding hydrogens is 376 g/mol. The Morgan fingerprint density at radius 1 is 0.933 bits per heavy atom. The molecule has 0 aliphatic heterocycles. The molecule has 5 heteroatoms. The summed E-state index contributed by atoms with van der Waals surface area (Å²) in [5.41, 5.74) is 4.63. The summed E-state index contributed by atoms with van der Waals surface area (Å²) >= 11 is 0. The fraction of sp³-hybridized carbons (Fsp3) is 0.120. The first-order chi connectivity index (χ1) is 14.7. The lowest BCUT2D eigenvalue weighted by Gasteiger charge is -2.13. The monoisotopic (exact) mass is 400 g/mol. The summed E-state index contributed by atoms with van der Waals surface area (Å²) in [6.07, 6.45) is 4.50. The van der Waals surface area contributed by atoms with Gasteiger partial charge in [-0.25, -0.2) is 5.43 Å². The zero-order valence-corrected chi connectivity index (χ0v) is 16.8. The second-order valence-corrected chi connectivity index (χ2v) is 6.53. The highest BCUT2D eigenvalue weighted by Gasteiger charge is 2.13. The van der Waals surface area contributed by atoms with E-state index in [-0.39, 0.29) is 5.91 Å². The molecule has 1 unspecified atom stereocenters. The summed E-state index contributed by atoms with van der Waals surface area (Å²) in [6, 6.07) is 27.0. The molecule has 0 radical (unpaired) electrons. The Balaban J connectivity index is 1.42. The highest BCUT2D eigenvalue weighted by Crippen LogP contribution is 2.19. The molecule has 1 atom stereocenters. The molecule has 0 saturated carbocycles. The molecule has 0 aliphatic rings. The standard InChI is InChI=1S/C25H24N2O3/c1-20(25(28)27-26-18-8-13-21-9-4-2-5-10-21)30-24-16-14-23(15-17-24)29-19-22-11-6-3-7-12-22/h2-18,20H,19H2,1H3,(H,27,28). The first-order valence-corrected chi connectivity index (χ1v) is 9.69. The van der Waals surface area contributed by atoms with Crippen LogP contribution in [0.1, 0.15) is 18.1 Å². The van der Waals surface area contributed by atoms with Gasteiger partial charge in [-0.3, -0.25) is 4.79 Å². The predicted octanol–water partition coefficient (Wildman–Crippen LogP) is 4.85. The van der Waals surface area contributed by atoms with E-state index < -0.39 is 6.10 Å². The number of carbonyl (C=O) groups excluding carboxylic acids is 1. The topological polar surface area (TPSA) is 59.9 Å². The summed E-state index contributed by atoms with van der Waals surface area (Å²) in [4.78, 5) is 12.1. The number of nitrogens with zero attached hydrogens (tertiary/aromatic N) is 1. The fourth-order valence-electron chi connectivity index (χ4n) is 2.57. The third kappa shape index (κ3) is 6.95. The molecule has 3 aromatic carbocycles. The van der Waals surface area contributed by atoms with Gasteiger partial charge in [0, 0.05) is 6.21 Å². The average molecular weight is 400 g/mol. The maximum Gasteiger partial charge on any atom is 0.280 e. The van der Waals surface area contributed by atoms with Crippen LogP contribution >= 0.6 is 0 Å². The minimum Gasteiger partial charge on any atom is -0.489 e. The molecule has 0 saturated heterocycles. The number of hydrogen-bond acceptors (Lipinski definition) is 4. The van der Waals surface area contributed by atoms with Crippen LogP contribution in [0.15, 0.2) is 96.1 Å². The number of hydrazone groups is 1. The average Bonchev–Trinajstić information content (AvgIpc) is 2.79. The zero-order valence-electron chi connectivity index (χ0n) is 16.8. The van der Waals surface area contributed by atoms with Crippen molar-refractivity contribution in [1.82, 2.24) is 5.43 Å². The molecule has 0 heterocycles. The van der Waals surface area contributed by atoms with Crippen LogP contribution in [0.25, 0.3) is 6.08 Å². The van der Waals surface area contributed by atoms with Crippen molar-refractivity contribution < 1.29 is 14.3 Å². The smallest absolute Gasteiger partial charge is 0.280 e. The third-order valence-electron chi connectivity index (χ3n) is 4.18. The molecular formula is C25H24N2O3. The van der Waals surface area contributed by atoms with Gasteiger partial charge >= 0.3 is 0 Å². The summed E-state index contributed by atoms with van der Waals surface area (Å²) in [5, 5.41) is 3.90. The number of ether oxygens (including phenoxy) is 2. The molecule has 1 amide bonds. The number of nitrogens with one attached hydrogen (secondary N) is 1. The first-order valence-electron chi connectivity index (χ1n) is 9.69. The first kappa shape index (κ1) is 20.9. The Morgan fingerprint density at radius 3 is 2.27 bits per heavy atom. The van der Waals surface area contributed by atoms with Crippen LogP contribution in [0.2, 0.25) is 0 Å². The van der Waals surface area contributed by atoms with Crippen LogP contribution in [0, 0.1) is 0 Å². The Kier molecular flexibility index (Phi) is 7.80. The highest BCUT2D eigenvalue weighted by atomic mass is 16.5. The molecule has 0 bridgehead atoms. The second kappa shape index (κ2) is 11.2. The Bertz CT molecular complexity index is 968. The molecule has 30 heavy (non-hydrogen) atoms. The van der Waals surface area contributed by atoms with E-state index in [0.29, 0.717) is 12.4 Å². The van der Waals surface area contributed by atoms with Gasteiger partial charge < -0.3 is 9.47 Å². The van der Waals surface area contributed by atoms with Gasteiger partial charge in [-0.1, -0.05) is 66.7 Å². The summed E-state index contributed by atoms with van der Waals surface area (Å²) < 4.78 is 11.4. The van der Waals surface area contributed by atoms with Gasteiger partial charge in [0.25, 0.3) is 5.91 Å². The van der Waals surface area contributed by atoms with Crippen LogP contribution in [0.3, 0.4) is 0 Å². The van der Waals surface area contributed by atoms with Crippen LogP contribution in [0.4, 0.5) is 0 Å². The third-order valence-corrected chi connectivity index (χ3v) is 4.18. The molecule has 3 rings (SSSR count). The van der Waals surface area contributed by atoms with Gasteiger partial charge in [0.1, 0.15) is 18.1 Å². The van der Waals surface area contributed by atoms with Crippen molar-refractivity contribution in [1.29, 1.82) is 0 Å². The number of rotatable bonds is 9. The predicted molar refractivity (Wildman–Crippen MR) is 119 cm³/mol. The number of allylic oxidation sites excluding steroid dienone is 1. The Morgan fingerprint density at radius 2 is 1.57 bits per heavy atom. The van der Waals surface area contributed by atoms with Crippen LogP contribution in [-0.4, -0.2) is 18.2 Å². The number of benzene rings is 3. The molecule has 0 fully saturated rings. The molecule has 5 nitrogen and oxygen atoms in total. The summed E-state index contributed by atoms with van der Waals surface area (Å²) in [7, 11) is 0. The minimum atomic E-state index is -0.684. The number of carbonyl (C=O) groups is 1. The lowest BCUT2D eigenvalue weighted by Crippen LogP contribution is -2.33. The molecule has 0 aromatic heterocycles. The van der Waals surface area contributed by atoms with E-state index >= 15 is 0 Å². The summed E-state index contributed by atoms with van der Waals surface area (Å²) in [6.45, 7) is 2.17. The lowest BCUT2D eigenvalue weighted by molar-refractivity contribution is -0.127. The van der Waals surface area contributed by atoms with Gasteiger partial charge in [-0.05, 0) is 48.4 Å². The quantitative estimate of drug-likeness (QED) is 0.413. The van der Waals surface area contributed by atoms with E-state index in [1.54, 1.807) is 25.1 Å². The van der Waals surface area contributed by atoms with Crippen molar-refractivity contribution in [3.05, 3.63) is 102 Å². The van der Waals surface area contributed by atoms with Crippen molar-refractivity contribution in [3.63, 3.8) is 0 Å². The molecule has 0 aliphatic carbocycles. The van der Waals surface area contributed by atoms with Gasteiger partial charge in [0.15, 0.2) is 6.10 Å². The SMILES string of the molecule is CC(Oc1ccc(OCc2ccccc2)cc1)C(=O)NN=CC=Cc1ccccc1. The van der Waals surface area contributed by atoms with Crippen molar-refractivity contribution in [3.8, 4) is 11.5 Å². The van der Waals surface area contributed by atoms with Gasteiger partial charge in [-0.15, -0.1) is 0 Å². The Labute approximate surface area is 176 Å². The van der Waals surface area contributed by atoms with Crippen molar-refractivity contribution in [2.75, 3.05) is 0 Å². The largest absolute Gasteiger partial charge is 0.489 e. The Hall–Kier alpha value is -3.86. The zero-order chi connectivity index (χ0) is 21.0. The van der Waals surface area contributed by atoms with E-state index in [2.05, 4.69) is 10.5 Å². The maximum atomic E-state index is 12.1. The van der Waals surface area contributed by atoms with Gasteiger partial charge in [0.05, 0.1) is 0 Å². The van der Waals surface area contributed by atoms with Crippen LogP contribution < -0.4 is 14.9 Å².